The van der Waals surface area contributed by atoms with Crippen molar-refractivity contribution in [2.24, 2.45) is 5.73 Å². The summed E-state index contributed by atoms with van der Waals surface area (Å²) in [5.74, 6) is -0.620. The fourth-order valence-electron chi connectivity index (χ4n) is 2.94. The molecule has 3 aromatic carbocycles. The van der Waals surface area contributed by atoms with Crippen LogP contribution in [0.25, 0.3) is 22.4 Å². The van der Waals surface area contributed by atoms with Crippen LogP contribution in [0.4, 0.5) is 16.0 Å². The molecule has 0 aliphatic rings. The zero-order valence-electron chi connectivity index (χ0n) is 15.3. The quantitative estimate of drug-likeness (QED) is 0.518. The molecule has 0 atom stereocenters. The molecule has 4 rings (SSSR count). The zero-order chi connectivity index (χ0) is 20.2. The van der Waals surface area contributed by atoms with E-state index in [1.807, 2.05) is 30.3 Å². The number of nitrogens with one attached hydrogen (secondary N) is 1. The van der Waals surface area contributed by atoms with Gasteiger partial charge in [0.1, 0.15) is 5.82 Å². The summed E-state index contributed by atoms with van der Waals surface area (Å²) < 4.78 is 14.4. The summed E-state index contributed by atoms with van der Waals surface area (Å²) in [5.41, 5.74) is 9.27. The first-order valence-electron chi connectivity index (χ1n) is 8.95. The van der Waals surface area contributed by atoms with Crippen molar-refractivity contribution in [2.75, 3.05) is 5.32 Å². The number of aromatic nitrogens is 2. The van der Waals surface area contributed by atoms with Gasteiger partial charge in [-0.05, 0) is 41.5 Å². The van der Waals surface area contributed by atoms with Gasteiger partial charge in [-0.15, -0.1) is 0 Å². The Balaban J connectivity index is 1.62. The highest BCUT2D eigenvalue weighted by Crippen LogP contribution is 2.27. The van der Waals surface area contributed by atoms with E-state index in [-0.39, 0.29) is 11.6 Å². The Morgan fingerprint density at radius 2 is 1.59 bits per heavy atom. The summed E-state index contributed by atoms with van der Waals surface area (Å²) in [4.78, 5) is 19.9. The van der Waals surface area contributed by atoms with Crippen LogP contribution in [-0.2, 0) is 0 Å². The van der Waals surface area contributed by atoms with Gasteiger partial charge in [-0.1, -0.05) is 48.5 Å². The van der Waals surface area contributed by atoms with Crippen LogP contribution in [0.2, 0.25) is 0 Å². The minimum absolute atomic E-state index is 0.269. The molecule has 6 heteroatoms. The first kappa shape index (κ1) is 18.3. The average Bonchev–Trinajstić information content (AvgIpc) is 2.76. The maximum atomic E-state index is 14.4. The zero-order valence-corrected chi connectivity index (χ0v) is 15.3. The summed E-state index contributed by atoms with van der Waals surface area (Å²) in [6.45, 7) is 0. The highest BCUT2D eigenvalue weighted by molar-refractivity contribution is 5.93. The van der Waals surface area contributed by atoms with E-state index in [9.17, 15) is 9.18 Å². The van der Waals surface area contributed by atoms with Crippen molar-refractivity contribution in [3.8, 4) is 22.4 Å². The lowest BCUT2D eigenvalue weighted by atomic mass is 10.1. The molecule has 0 unspecified atom stereocenters. The summed E-state index contributed by atoms with van der Waals surface area (Å²) in [5, 5.41) is 2.95. The lowest BCUT2D eigenvalue weighted by Crippen LogP contribution is -2.10. The Hall–Kier alpha value is -4.06. The summed E-state index contributed by atoms with van der Waals surface area (Å²) in [6.07, 6.45) is 1.59. The lowest BCUT2D eigenvalue weighted by Gasteiger charge is -2.10. The van der Waals surface area contributed by atoms with E-state index >= 15 is 0 Å². The van der Waals surface area contributed by atoms with Crippen LogP contribution in [0, 0.1) is 5.82 Å². The Kier molecular flexibility index (Phi) is 4.99. The van der Waals surface area contributed by atoms with Crippen molar-refractivity contribution in [2.45, 2.75) is 0 Å². The molecule has 29 heavy (non-hydrogen) atoms. The minimum Gasteiger partial charge on any atom is -0.366 e. The molecule has 1 aromatic heterocycles. The van der Waals surface area contributed by atoms with Crippen molar-refractivity contribution in [1.82, 2.24) is 9.97 Å². The third kappa shape index (κ3) is 4.11. The van der Waals surface area contributed by atoms with E-state index in [0.29, 0.717) is 11.3 Å². The van der Waals surface area contributed by atoms with E-state index in [0.717, 1.165) is 16.7 Å². The number of rotatable bonds is 5. The fraction of sp³-hybridized carbons (Fsp3) is 0. The first-order valence-corrected chi connectivity index (χ1v) is 8.95. The number of nitrogens with zero attached hydrogens (tertiary/aromatic N) is 2. The van der Waals surface area contributed by atoms with Gasteiger partial charge in [-0.3, -0.25) is 4.79 Å². The Labute approximate surface area is 167 Å². The molecule has 0 aliphatic heterocycles. The highest BCUT2D eigenvalue weighted by atomic mass is 19.1. The molecule has 0 bridgehead atoms. The van der Waals surface area contributed by atoms with Crippen LogP contribution in [0.5, 0.6) is 0 Å². The normalized spacial score (nSPS) is 10.5. The van der Waals surface area contributed by atoms with Crippen LogP contribution < -0.4 is 11.1 Å². The molecule has 0 radical (unpaired) electrons. The summed E-state index contributed by atoms with van der Waals surface area (Å²) in [6, 6.07) is 23.1. The smallest absolute Gasteiger partial charge is 0.248 e. The third-order valence-electron chi connectivity index (χ3n) is 4.44. The van der Waals surface area contributed by atoms with E-state index in [1.54, 1.807) is 48.7 Å². The second-order valence-electron chi connectivity index (χ2n) is 6.39. The van der Waals surface area contributed by atoms with Gasteiger partial charge in [-0.25, -0.2) is 14.4 Å². The van der Waals surface area contributed by atoms with Crippen molar-refractivity contribution < 1.29 is 9.18 Å². The first-order chi connectivity index (χ1) is 14.1. The molecule has 1 amide bonds. The second-order valence-corrected chi connectivity index (χ2v) is 6.39. The molecular weight excluding hydrogens is 367 g/mol. The van der Waals surface area contributed by atoms with E-state index < -0.39 is 11.7 Å². The van der Waals surface area contributed by atoms with Crippen molar-refractivity contribution in [3.05, 3.63) is 96.4 Å². The molecule has 1 heterocycles. The van der Waals surface area contributed by atoms with E-state index in [1.165, 1.54) is 6.07 Å². The van der Waals surface area contributed by atoms with Crippen LogP contribution in [0.1, 0.15) is 10.4 Å². The minimum atomic E-state index is -0.490. The molecule has 4 aromatic rings. The standard InChI is InChI=1S/C23H17FN4O/c24-19-11-10-18(15-4-2-1-3-5-15)14-21(19)28-23-26-13-12-20(27-23)16-6-8-17(9-7-16)22(25)29/h1-14H,(H2,25,29)(H,26,27,28). The number of anilines is 2. The Morgan fingerprint density at radius 1 is 0.862 bits per heavy atom. The second kappa shape index (κ2) is 7.90. The number of carbonyl (C=O) groups is 1. The van der Waals surface area contributed by atoms with Gasteiger partial charge in [0.25, 0.3) is 0 Å². The molecule has 5 nitrogen and oxygen atoms in total. The van der Waals surface area contributed by atoms with Gasteiger partial charge in [-0.2, -0.15) is 0 Å². The Morgan fingerprint density at radius 3 is 2.31 bits per heavy atom. The van der Waals surface area contributed by atoms with Gasteiger partial charge < -0.3 is 11.1 Å². The number of nitrogens with two attached hydrogens (primary N) is 1. The number of amides is 1. The predicted molar refractivity (Wildman–Crippen MR) is 111 cm³/mol. The topological polar surface area (TPSA) is 80.9 Å². The molecule has 0 aliphatic carbocycles. The highest BCUT2D eigenvalue weighted by Gasteiger charge is 2.09. The van der Waals surface area contributed by atoms with Crippen molar-refractivity contribution in [1.29, 1.82) is 0 Å². The van der Waals surface area contributed by atoms with Crippen molar-refractivity contribution in [3.63, 3.8) is 0 Å². The molecule has 142 valence electrons. The molecule has 0 saturated heterocycles. The monoisotopic (exact) mass is 384 g/mol. The van der Waals surface area contributed by atoms with Crippen molar-refractivity contribution >= 4 is 17.5 Å². The lowest BCUT2D eigenvalue weighted by molar-refractivity contribution is 0.100. The molecule has 0 fully saturated rings. The van der Waals surface area contributed by atoms with Gasteiger partial charge in [0.15, 0.2) is 0 Å². The SMILES string of the molecule is NC(=O)c1ccc(-c2ccnc(Nc3cc(-c4ccccc4)ccc3F)n2)cc1. The molecular formula is C23H17FN4O. The van der Waals surface area contributed by atoms with Gasteiger partial charge in [0.2, 0.25) is 11.9 Å². The number of primary amides is 1. The number of hydrogen-bond acceptors (Lipinski definition) is 4. The number of hydrogen-bond donors (Lipinski definition) is 2. The van der Waals surface area contributed by atoms with Crippen LogP contribution in [0.3, 0.4) is 0 Å². The van der Waals surface area contributed by atoms with Crippen LogP contribution >= 0.6 is 0 Å². The maximum Gasteiger partial charge on any atom is 0.248 e. The number of benzene rings is 3. The van der Waals surface area contributed by atoms with E-state index in [2.05, 4.69) is 15.3 Å². The van der Waals surface area contributed by atoms with E-state index in [4.69, 9.17) is 5.73 Å². The predicted octanol–water partition coefficient (Wildman–Crippen LogP) is 4.79. The average molecular weight is 384 g/mol. The van der Waals surface area contributed by atoms with Gasteiger partial charge >= 0.3 is 0 Å². The fourth-order valence-corrected chi connectivity index (χ4v) is 2.94. The van der Waals surface area contributed by atoms with Crippen LogP contribution in [-0.4, -0.2) is 15.9 Å². The molecule has 0 saturated carbocycles. The summed E-state index contributed by atoms with van der Waals surface area (Å²) >= 11 is 0. The largest absolute Gasteiger partial charge is 0.366 e. The van der Waals surface area contributed by atoms with Crippen LogP contribution in [0.15, 0.2) is 85.1 Å². The molecule has 3 N–H and O–H groups in total. The van der Waals surface area contributed by atoms with Gasteiger partial charge in [0, 0.05) is 17.3 Å². The summed E-state index contributed by atoms with van der Waals surface area (Å²) in [7, 11) is 0. The number of halogens is 1. The molecule has 0 spiro atoms. The number of carbonyl (C=O) groups excluding carboxylic acids is 1. The maximum absolute atomic E-state index is 14.4. The third-order valence-corrected chi connectivity index (χ3v) is 4.44. The Bertz CT molecular complexity index is 1160. The van der Waals surface area contributed by atoms with Gasteiger partial charge in [0.05, 0.1) is 11.4 Å².